The van der Waals surface area contributed by atoms with E-state index in [0.29, 0.717) is 30.2 Å². The Morgan fingerprint density at radius 3 is 2.57 bits per heavy atom. The third-order valence-electron chi connectivity index (χ3n) is 4.06. The molecule has 0 radical (unpaired) electrons. The lowest BCUT2D eigenvalue weighted by atomic mass is 10.1. The third kappa shape index (κ3) is 7.75. The molecule has 0 aromatic heterocycles. The molecule has 2 aromatic carbocycles. The number of terminal acetylenes is 2. The summed E-state index contributed by atoms with van der Waals surface area (Å²) in [6.45, 7) is 0.716. The Morgan fingerprint density at radius 1 is 1.10 bits per heavy atom. The van der Waals surface area contributed by atoms with Crippen LogP contribution in [-0.4, -0.2) is 44.6 Å². The van der Waals surface area contributed by atoms with Gasteiger partial charge in [-0.1, -0.05) is 36.1 Å². The zero-order valence-electron chi connectivity index (χ0n) is 16.9. The summed E-state index contributed by atoms with van der Waals surface area (Å²) in [5, 5.41) is 2.92. The van der Waals surface area contributed by atoms with Gasteiger partial charge in [0.1, 0.15) is 19.3 Å². The second-order valence-corrected chi connectivity index (χ2v) is 7.24. The van der Waals surface area contributed by atoms with Crippen molar-refractivity contribution in [2.75, 3.05) is 32.6 Å². The number of rotatable bonds is 12. The van der Waals surface area contributed by atoms with Crippen molar-refractivity contribution in [1.29, 1.82) is 0 Å². The van der Waals surface area contributed by atoms with Crippen LogP contribution in [0, 0.1) is 24.7 Å². The van der Waals surface area contributed by atoms with E-state index in [9.17, 15) is 4.79 Å². The van der Waals surface area contributed by atoms with Crippen molar-refractivity contribution in [3.05, 3.63) is 54.1 Å². The zero-order chi connectivity index (χ0) is 21.6. The number of carbonyl (C=O) groups excluding carboxylic acids is 1. The number of nitrogens with one attached hydrogen (secondary N) is 1. The maximum Gasteiger partial charge on any atom is 0.250 e. The number of thioether (sulfide) groups is 1. The normalized spacial score (nSPS) is 11.0. The minimum atomic E-state index is -0.625. The molecule has 5 nitrogen and oxygen atoms in total. The van der Waals surface area contributed by atoms with Gasteiger partial charge in [-0.15, -0.1) is 24.6 Å². The van der Waals surface area contributed by atoms with Crippen LogP contribution in [0.1, 0.15) is 5.56 Å². The maximum atomic E-state index is 12.6. The molecular weight excluding hydrogens is 398 g/mol. The Balaban J connectivity index is 1.88. The number of methoxy groups -OCH3 is 1. The van der Waals surface area contributed by atoms with Crippen LogP contribution in [0.15, 0.2) is 53.4 Å². The molecule has 0 aliphatic carbocycles. The molecule has 0 spiro atoms. The van der Waals surface area contributed by atoms with Gasteiger partial charge in [-0.3, -0.25) is 4.79 Å². The van der Waals surface area contributed by atoms with Crippen molar-refractivity contribution >= 4 is 17.7 Å². The van der Waals surface area contributed by atoms with E-state index >= 15 is 0 Å². The smallest absolute Gasteiger partial charge is 0.250 e. The average molecular weight is 424 g/mol. The van der Waals surface area contributed by atoms with Crippen molar-refractivity contribution in [3.8, 4) is 36.2 Å². The van der Waals surface area contributed by atoms with Gasteiger partial charge in [0.15, 0.2) is 11.5 Å². The average Bonchev–Trinajstić information content (AvgIpc) is 2.78. The van der Waals surface area contributed by atoms with Gasteiger partial charge in [0.05, 0.1) is 7.11 Å². The van der Waals surface area contributed by atoms with E-state index in [1.165, 1.54) is 0 Å². The van der Waals surface area contributed by atoms with Gasteiger partial charge >= 0.3 is 0 Å². The number of benzene rings is 2. The molecule has 1 N–H and O–H groups in total. The first kappa shape index (κ1) is 23.2. The van der Waals surface area contributed by atoms with Crippen molar-refractivity contribution < 1.29 is 19.0 Å². The van der Waals surface area contributed by atoms with Crippen molar-refractivity contribution in [2.24, 2.45) is 0 Å². The molecule has 0 aliphatic heterocycles. The summed E-state index contributed by atoms with van der Waals surface area (Å²) in [4.78, 5) is 13.6. The van der Waals surface area contributed by atoms with E-state index in [2.05, 4.69) is 17.2 Å². The number of hydrogen-bond donors (Lipinski definition) is 1. The zero-order valence-corrected chi connectivity index (χ0v) is 17.7. The van der Waals surface area contributed by atoms with Crippen molar-refractivity contribution in [2.45, 2.75) is 17.4 Å². The molecule has 0 fully saturated rings. The highest BCUT2D eigenvalue weighted by Crippen LogP contribution is 2.28. The third-order valence-corrected chi connectivity index (χ3v) is 5.13. The first-order chi connectivity index (χ1) is 14.7. The molecule has 0 saturated heterocycles. The lowest BCUT2D eigenvalue weighted by molar-refractivity contribution is -0.130. The van der Waals surface area contributed by atoms with Gasteiger partial charge in [0, 0.05) is 17.2 Å². The van der Waals surface area contributed by atoms with Gasteiger partial charge in [-0.05, 0) is 36.2 Å². The molecule has 0 bridgehead atoms. The number of amides is 1. The molecule has 0 aliphatic rings. The lowest BCUT2D eigenvalue weighted by Gasteiger charge is -2.16. The van der Waals surface area contributed by atoms with E-state index in [0.717, 1.165) is 10.5 Å². The first-order valence-electron chi connectivity index (χ1n) is 9.41. The Hall–Kier alpha value is -3.06. The SMILES string of the molecule is C#CCOc1ccc(CCNC(=O)C(CSc2ccccc2)OCC#C)cc1OC. The lowest BCUT2D eigenvalue weighted by Crippen LogP contribution is -2.39. The number of carbonyl (C=O) groups is 1. The molecule has 1 atom stereocenters. The summed E-state index contributed by atoms with van der Waals surface area (Å²) in [5.74, 6) is 6.32. The maximum absolute atomic E-state index is 12.6. The molecule has 2 rings (SSSR count). The van der Waals surface area contributed by atoms with Crippen LogP contribution < -0.4 is 14.8 Å². The van der Waals surface area contributed by atoms with Gasteiger partial charge < -0.3 is 19.5 Å². The molecule has 6 heteroatoms. The Kier molecular flexibility index (Phi) is 10.2. The Labute approximate surface area is 182 Å². The predicted octanol–water partition coefficient (Wildman–Crippen LogP) is 3.18. The molecule has 30 heavy (non-hydrogen) atoms. The monoisotopic (exact) mass is 423 g/mol. The van der Waals surface area contributed by atoms with Gasteiger partial charge in [0.2, 0.25) is 5.91 Å². The number of ether oxygens (including phenoxy) is 3. The summed E-state index contributed by atoms with van der Waals surface area (Å²) >= 11 is 1.55. The predicted molar refractivity (Wildman–Crippen MR) is 120 cm³/mol. The fourth-order valence-electron chi connectivity index (χ4n) is 2.59. The van der Waals surface area contributed by atoms with Gasteiger partial charge in [0.25, 0.3) is 0 Å². The highest BCUT2D eigenvalue weighted by Gasteiger charge is 2.19. The molecule has 2 aromatic rings. The second-order valence-electron chi connectivity index (χ2n) is 6.15. The highest BCUT2D eigenvalue weighted by molar-refractivity contribution is 7.99. The summed E-state index contributed by atoms with van der Waals surface area (Å²) in [7, 11) is 1.57. The van der Waals surface area contributed by atoms with Crippen LogP contribution in [0.2, 0.25) is 0 Å². The van der Waals surface area contributed by atoms with Crippen LogP contribution in [0.5, 0.6) is 11.5 Å². The molecular formula is C24H25NO4S. The van der Waals surface area contributed by atoms with E-state index in [4.69, 9.17) is 27.1 Å². The van der Waals surface area contributed by atoms with E-state index in [-0.39, 0.29) is 19.1 Å². The minimum absolute atomic E-state index is 0.0871. The van der Waals surface area contributed by atoms with Crippen LogP contribution in [0.25, 0.3) is 0 Å². The number of hydrogen-bond acceptors (Lipinski definition) is 5. The summed E-state index contributed by atoms with van der Waals surface area (Å²) in [6.07, 6.45) is 10.5. The van der Waals surface area contributed by atoms with Crippen molar-refractivity contribution in [1.82, 2.24) is 5.32 Å². The van der Waals surface area contributed by atoms with Crippen LogP contribution in [-0.2, 0) is 16.0 Å². The van der Waals surface area contributed by atoms with Crippen LogP contribution >= 0.6 is 11.8 Å². The molecule has 1 amide bonds. The standard InChI is InChI=1S/C24H25NO4S/c1-4-15-28-21-12-11-19(17-22(21)27-3)13-14-25-24(26)23(29-16-5-2)18-30-20-9-7-6-8-10-20/h1-2,6-12,17,23H,13-16,18H2,3H3,(H,25,26). The first-order valence-corrected chi connectivity index (χ1v) is 10.4. The van der Waals surface area contributed by atoms with E-state index in [1.54, 1.807) is 18.9 Å². The summed E-state index contributed by atoms with van der Waals surface area (Å²) < 4.78 is 16.3. The molecule has 156 valence electrons. The summed E-state index contributed by atoms with van der Waals surface area (Å²) in [6, 6.07) is 15.4. The quantitative estimate of drug-likeness (QED) is 0.420. The fourth-order valence-corrected chi connectivity index (χ4v) is 3.53. The van der Waals surface area contributed by atoms with E-state index < -0.39 is 6.10 Å². The Morgan fingerprint density at radius 2 is 1.87 bits per heavy atom. The largest absolute Gasteiger partial charge is 0.493 e. The second kappa shape index (κ2) is 13.2. The van der Waals surface area contributed by atoms with E-state index in [1.807, 2.05) is 48.5 Å². The topological polar surface area (TPSA) is 56.8 Å². The van der Waals surface area contributed by atoms with Crippen molar-refractivity contribution in [3.63, 3.8) is 0 Å². The molecule has 0 heterocycles. The minimum Gasteiger partial charge on any atom is -0.493 e. The van der Waals surface area contributed by atoms with Gasteiger partial charge in [-0.2, -0.15) is 0 Å². The highest BCUT2D eigenvalue weighted by atomic mass is 32.2. The summed E-state index contributed by atoms with van der Waals surface area (Å²) in [5.41, 5.74) is 1.000. The van der Waals surface area contributed by atoms with Crippen LogP contribution in [0.4, 0.5) is 0 Å². The van der Waals surface area contributed by atoms with Crippen LogP contribution in [0.3, 0.4) is 0 Å². The molecule has 0 saturated carbocycles. The molecule has 1 unspecified atom stereocenters. The fraction of sp³-hybridized carbons (Fsp3) is 0.292. The Bertz CT molecular complexity index is 886. The van der Waals surface area contributed by atoms with Gasteiger partial charge in [-0.25, -0.2) is 0 Å².